The molecule has 2 aromatic heterocycles. The quantitative estimate of drug-likeness (QED) is 0.665. The number of amides is 1. The van der Waals surface area contributed by atoms with E-state index in [2.05, 4.69) is 32.7 Å². The topological polar surface area (TPSA) is 54.5 Å². The normalized spacial score (nSPS) is 14.9. The summed E-state index contributed by atoms with van der Waals surface area (Å²) in [5, 5.41) is 8.22. The Morgan fingerprint density at radius 3 is 2.61 bits per heavy atom. The minimum Gasteiger partial charge on any atom is -0.497 e. The number of piperidine rings is 1. The van der Waals surface area contributed by atoms with Crippen LogP contribution in [0.5, 0.6) is 5.75 Å². The fourth-order valence-corrected chi connectivity index (χ4v) is 5.12. The van der Waals surface area contributed by atoms with Crippen LogP contribution in [-0.4, -0.2) is 37.1 Å². The minimum atomic E-state index is -0.000577. The third-order valence-corrected chi connectivity index (χ3v) is 6.93. The summed E-state index contributed by atoms with van der Waals surface area (Å²) in [6.45, 7) is 3.77. The number of anilines is 1. The lowest BCUT2D eigenvalue weighted by atomic mass is 10.0. The molecule has 7 heteroatoms. The van der Waals surface area contributed by atoms with Crippen LogP contribution in [0.15, 0.2) is 41.1 Å². The Hall–Kier alpha value is -2.38. The number of thiazole rings is 1. The zero-order chi connectivity index (χ0) is 19.5. The highest BCUT2D eigenvalue weighted by Crippen LogP contribution is 2.30. The third kappa shape index (κ3) is 4.05. The van der Waals surface area contributed by atoms with E-state index < -0.39 is 0 Å². The van der Waals surface area contributed by atoms with Crippen molar-refractivity contribution >= 4 is 34.3 Å². The Bertz CT molecular complexity index is 927. The highest BCUT2D eigenvalue weighted by atomic mass is 32.1. The molecule has 1 amide bonds. The summed E-state index contributed by atoms with van der Waals surface area (Å²) < 4.78 is 5.22. The summed E-state index contributed by atoms with van der Waals surface area (Å²) in [4.78, 5) is 20.4. The zero-order valence-electron chi connectivity index (χ0n) is 16.0. The molecule has 0 aliphatic carbocycles. The van der Waals surface area contributed by atoms with Gasteiger partial charge in [0.05, 0.1) is 12.8 Å². The molecule has 0 atom stereocenters. The van der Waals surface area contributed by atoms with E-state index in [4.69, 9.17) is 4.74 Å². The number of ether oxygens (including phenoxy) is 1. The summed E-state index contributed by atoms with van der Waals surface area (Å²) in [7, 11) is 1.68. The number of methoxy groups -OCH3 is 1. The third-order valence-electron chi connectivity index (χ3n) is 5.04. The number of benzene rings is 1. The van der Waals surface area contributed by atoms with Crippen LogP contribution < -0.4 is 15.0 Å². The summed E-state index contributed by atoms with van der Waals surface area (Å²) in [5.74, 6) is 0.868. The van der Waals surface area contributed by atoms with Crippen LogP contribution in [0.2, 0.25) is 0 Å². The molecule has 0 radical (unpaired) electrons. The molecule has 146 valence electrons. The van der Waals surface area contributed by atoms with Gasteiger partial charge in [-0.3, -0.25) is 4.79 Å². The predicted molar refractivity (Wildman–Crippen MR) is 116 cm³/mol. The first-order valence-corrected chi connectivity index (χ1v) is 11.1. The molecule has 1 aromatic carbocycles. The maximum atomic E-state index is 12.8. The largest absolute Gasteiger partial charge is 0.497 e. The predicted octanol–water partition coefficient (Wildman–Crippen LogP) is 4.59. The molecule has 1 aliphatic rings. The van der Waals surface area contributed by atoms with Crippen molar-refractivity contribution < 1.29 is 9.53 Å². The van der Waals surface area contributed by atoms with Gasteiger partial charge in [0.25, 0.3) is 5.91 Å². The Labute approximate surface area is 173 Å². The number of nitrogens with one attached hydrogen (secondary N) is 1. The smallest absolute Gasteiger partial charge is 0.263 e. The lowest BCUT2D eigenvalue weighted by Gasteiger charge is -2.34. The van der Waals surface area contributed by atoms with Gasteiger partial charge in [-0.2, -0.15) is 11.3 Å². The molecule has 1 aliphatic heterocycles. The Morgan fingerprint density at radius 2 is 1.96 bits per heavy atom. The fraction of sp³-hybridized carbons (Fsp3) is 0.333. The number of aromatic nitrogens is 1. The zero-order valence-corrected chi connectivity index (χ0v) is 17.6. The molecule has 1 saturated heterocycles. The number of hydrogen-bond donors (Lipinski definition) is 1. The van der Waals surface area contributed by atoms with Crippen molar-refractivity contribution in [1.29, 1.82) is 0 Å². The molecule has 0 unspecified atom stereocenters. The molecule has 3 heterocycles. The van der Waals surface area contributed by atoms with Gasteiger partial charge in [0.2, 0.25) is 0 Å². The van der Waals surface area contributed by atoms with Gasteiger partial charge in [-0.1, -0.05) is 0 Å². The SMILES string of the molecule is COc1ccc(N2CCC(NC(=O)c3sc(-c4ccsc4)nc3C)CC2)cc1. The second-order valence-corrected chi connectivity index (χ2v) is 8.66. The van der Waals surface area contributed by atoms with Crippen LogP contribution in [0.4, 0.5) is 5.69 Å². The van der Waals surface area contributed by atoms with Gasteiger partial charge in [0.15, 0.2) is 0 Å². The lowest BCUT2D eigenvalue weighted by Crippen LogP contribution is -2.44. The number of hydrogen-bond acceptors (Lipinski definition) is 6. The summed E-state index contributed by atoms with van der Waals surface area (Å²) >= 11 is 3.12. The van der Waals surface area contributed by atoms with E-state index in [1.807, 2.05) is 30.5 Å². The van der Waals surface area contributed by atoms with Crippen molar-refractivity contribution in [2.45, 2.75) is 25.8 Å². The van der Waals surface area contributed by atoms with Crippen molar-refractivity contribution in [3.05, 3.63) is 51.7 Å². The molecule has 0 saturated carbocycles. The number of nitrogens with zero attached hydrogens (tertiary/aromatic N) is 2. The van der Waals surface area contributed by atoms with Crippen molar-refractivity contribution in [3.8, 4) is 16.3 Å². The molecule has 0 bridgehead atoms. The van der Waals surface area contributed by atoms with Gasteiger partial charge in [-0.05, 0) is 55.5 Å². The second kappa shape index (κ2) is 8.32. The standard InChI is InChI=1S/C21H23N3O2S2/c1-14-19(28-21(22-14)15-9-12-27-13-15)20(25)23-16-7-10-24(11-8-16)17-3-5-18(26-2)6-4-17/h3-6,9,12-13,16H,7-8,10-11H2,1-2H3,(H,23,25). The molecule has 0 spiro atoms. The van der Waals surface area contributed by atoms with E-state index in [-0.39, 0.29) is 11.9 Å². The Morgan fingerprint density at radius 1 is 1.21 bits per heavy atom. The lowest BCUT2D eigenvalue weighted by molar-refractivity contribution is 0.0934. The van der Waals surface area contributed by atoms with Crippen molar-refractivity contribution in [2.24, 2.45) is 0 Å². The molecular formula is C21H23N3O2S2. The highest BCUT2D eigenvalue weighted by Gasteiger charge is 2.23. The van der Waals surface area contributed by atoms with Gasteiger partial charge < -0.3 is 15.0 Å². The van der Waals surface area contributed by atoms with Crippen molar-refractivity contribution in [3.63, 3.8) is 0 Å². The number of thiophene rings is 1. The fourth-order valence-electron chi connectivity index (χ4n) is 3.44. The minimum absolute atomic E-state index is 0.000577. The van der Waals surface area contributed by atoms with E-state index in [1.54, 1.807) is 18.4 Å². The summed E-state index contributed by atoms with van der Waals surface area (Å²) in [6, 6.07) is 10.4. The van der Waals surface area contributed by atoms with E-state index in [9.17, 15) is 4.79 Å². The highest BCUT2D eigenvalue weighted by molar-refractivity contribution is 7.17. The van der Waals surface area contributed by atoms with Crippen LogP contribution in [0.3, 0.4) is 0 Å². The maximum absolute atomic E-state index is 12.8. The molecule has 3 aromatic rings. The monoisotopic (exact) mass is 413 g/mol. The molecule has 1 N–H and O–H groups in total. The number of aryl methyl sites for hydroxylation is 1. The van der Waals surface area contributed by atoms with Crippen molar-refractivity contribution in [1.82, 2.24) is 10.3 Å². The van der Waals surface area contributed by atoms with Gasteiger partial charge in [0.1, 0.15) is 15.6 Å². The van der Waals surface area contributed by atoms with Gasteiger partial charge in [-0.25, -0.2) is 4.98 Å². The molecule has 28 heavy (non-hydrogen) atoms. The average Bonchev–Trinajstić information content (AvgIpc) is 3.38. The maximum Gasteiger partial charge on any atom is 0.263 e. The van der Waals surface area contributed by atoms with E-state index in [0.29, 0.717) is 0 Å². The first kappa shape index (κ1) is 19.0. The molecular weight excluding hydrogens is 390 g/mol. The Kier molecular flexibility index (Phi) is 5.64. The van der Waals surface area contributed by atoms with Gasteiger partial charge in [-0.15, -0.1) is 11.3 Å². The summed E-state index contributed by atoms with van der Waals surface area (Å²) in [5.41, 5.74) is 3.09. The first-order chi connectivity index (χ1) is 13.6. The van der Waals surface area contributed by atoms with Gasteiger partial charge >= 0.3 is 0 Å². The van der Waals surface area contributed by atoms with E-state index in [1.165, 1.54) is 17.0 Å². The molecule has 5 nitrogen and oxygen atoms in total. The second-order valence-electron chi connectivity index (χ2n) is 6.88. The first-order valence-electron chi connectivity index (χ1n) is 9.34. The summed E-state index contributed by atoms with van der Waals surface area (Å²) in [6.07, 6.45) is 1.88. The number of rotatable bonds is 5. The van der Waals surface area contributed by atoms with Crippen LogP contribution in [0, 0.1) is 6.92 Å². The van der Waals surface area contributed by atoms with E-state index in [0.717, 1.165) is 52.8 Å². The Balaban J connectivity index is 1.35. The van der Waals surface area contributed by atoms with Crippen LogP contribution in [-0.2, 0) is 0 Å². The molecule has 1 fully saturated rings. The number of carbonyl (C=O) groups excluding carboxylic acids is 1. The van der Waals surface area contributed by atoms with Gasteiger partial charge in [0, 0.05) is 35.8 Å². The van der Waals surface area contributed by atoms with Crippen LogP contribution in [0.1, 0.15) is 28.2 Å². The number of carbonyl (C=O) groups is 1. The van der Waals surface area contributed by atoms with Crippen LogP contribution >= 0.6 is 22.7 Å². The van der Waals surface area contributed by atoms with Crippen LogP contribution in [0.25, 0.3) is 10.6 Å². The molecule has 4 rings (SSSR count). The van der Waals surface area contributed by atoms with Crippen molar-refractivity contribution in [2.75, 3.05) is 25.1 Å². The average molecular weight is 414 g/mol. The van der Waals surface area contributed by atoms with E-state index >= 15 is 0 Å².